The van der Waals surface area contributed by atoms with Crippen molar-refractivity contribution in [3.8, 4) is 0 Å². The predicted octanol–water partition coefficient (Wildman–Crippen LogP) is -1.17. The van der Waals surface area contributed by atoms with Crippen LogP contribution in [0.25, 0.3) is 0 Å². The van der Waals surface area contributed by atoms with E-state index in [1.165, 1.54) is 0 Å². The molecular weight excluding hydrogens is 473 g/mol. The van der Waals surface area contributed by atoms with Crippen LogP contribution in [0.15, 0.2) is 0 Å². The third-order valence-electron chi connectivity index (χ3n) is 4.49. The first-order valence-electron chi connectivity index (χ1n) is 7.94. The van der Waals surface area contributed by atoms with Crippen molar-refractivity contribution in [1.82, 2.24) is 0 Å². The van der Waals surface area contributed by atoms with Gasteiger partial charge in [-0.2, -0.15) is 0 Å². The standard InChI is InChI=1S/C16H20Cl3NO10/c1-6(22)10(26)11(27)14(28,8(3)24)15(29,9(4)25)13(5-21,7(2)23)30-12(20)16(17,18)19/h5,10-11,20,26-29H,1-4H3/t10?,11-,13-,14+,15-/m1/s1. The first-order chi connectivity index (χ1) is 13.3. The fraction of sp³-hybridized carbons (Fsp3) is 0.625. The zero-order valence-corrected chi connectivity index (χ0v) is 18.4. The molecule has 0 amide bonds. The Kier molecular flexibility index (Phi) is 8.89. The van der Waals surface area contributed by atoms with E-state index in [9.17, 15) is 44.4 Å². The van der Waals surface area contributed by atoms with Crippen LogP contribution in [-0.4, -0.2) is 88.5 Å². The van der Waals surface area contributed by atoms with E-state index in [1.807, 2.05) is 0 Å². The number of carbonyl (C=O) groups is 5. The summed E-state index contributed by atoms with van der Waals surface area (Å²) in [6, 6.07) is 0. The zero-order chi connectivity index (χ0) is 24.5. The Balaban J connectivity index is 7.36. The molecule has 170 valence electrons. The van der Waals surface area contributed by atoms with Gasteiger partial charge in [-0.1, -0.05) is 34.8 Å². The number of aliphatic hydroxyl groups is 4. The van der Waals surface area contributed by atoms with Crippen molar-refractivity contribution in [2.24, 2.45) is 0 Å². The van der Waals surface area contributed by atoms with Crippen LogP contribution in [-0.2, 0) is 28.7 Å². The number of ether oxygens (including phenoxy) is 1. The van der Waals surface area contributed by atoms with Gasteiger partial charge in [0, 0.05) is 0 Å². The van der Waals surface area contributed by atoms with Gasteiger partial charge < -0.3 is 25.2 Å². The Labute approximate surface area is 185 Å². The van der Waals surface area contributed by atoms with Crippen LogP contribution in [0.1, 0.15) is 27.7 Å². The first kappa shape index (κ1) is 28.5. The summed E-state index contributed by atoms with van der Waals surface area (Å²) in [7, 11) is 0. The fourth-order valence-electron chi connectivity index (χ4n) is 2.75. The summed E-state index contributed by atoms with van der Waals surface area (Å²) in [6.45, 7) is 2.29. The second kappa shape index (κ2) is 9.35. The molecule has 0 fully saturated rings. The van der Waals surface area contributed by atoms with E-state index < -0.39 is 68.1 Å². The van der Waals surface area contributed by atoms with Crippen LogP contribution in [0, 0.1) is 5.41 Å². The molecule has 0 aromatic heterocycles. The highest BCUT2D eigenvalue weighted by Crippen LogP contribution is 2.42. The van der Waals surface area contributed by atoms with E-state index in [0.29, 0.717) is 20.8 Å². The smallest absolute Gasteiger partial charge is 0.265 e. The maximum Gasteiger partial charge on any atom is 0.265 e. The number of halogens is 3. The summed E-state index contributed by atoms with van der Waals surface area (Å²) in [5.74, 6) is -7.65. The van der Waals surface area contributed by atoms with Crippen molar-refractivity contribution in [2.75, 3.05) is 0 Å². The fourth-order valence-corrected chi connectivity index (χ4v) is 2.87. The topological polar surface area (TPSA) is 199 Å². The molecule has 0 rings (SSSR count). The molecule has 1 unspecified atom stereocenters. The summed E-state index contributed by atoms with van der Waals surface area (Å²) in [5.41, 5.74) is -11.5. The molecule has 0 aliphatic carbocycles. The average Bonchev–Trinajstić information content (AvgIpc) is 2.61. The maximum atomic E-state index is 12.5. The van der Waals surface area contributed by atoms with Crippen molar-refractivity contribution in [3.63, 3.8) is 0 Å². The lowest BCUT2D eigenvalue weighted by atomic mass is 9.62. The van der Waals surface area contributed by atoms with Crippen LogP contribution >= 0.6 is 34.8 Å². The molecule has 5 atom stereocenters. The van der Waals surface area contributed by atoms with Gasteiger partial charge in [0.1, 0.15) is 12.2 Å². The molecule has 0 saturated heterocycles. The van der Waals surface area contributed by atoms with Crippen molar-refractivity contribution in [3.05, 3.63) is 0 Å². The number of nitrogens with one attached hydrogen (secondary N) is 1. The molecule has 0 bridgehead atoms. The molecule has 0 aromatic carbocycles. The largest absolute Gasteiger partial charge is 0.452 e. The van der Waals surface area contributed by atoms with Crippen LogP contribution in [0.2, 0.25) is 0 Å². The molecule has 5 N–H and O–H groups in total. The number of hydrogen-bond acceptors (Lipinski definition) is 11. The maximum absolute atomic E-state index is 12.5. The third-order valence-corrected chi connectivity index (χ3v) is 5.00. The van der Waals surface area contributed by atoms with E-state index >= 15 is 0 Å². The summed E-state index contributed by atoms with van der Waals surface area (Å²) in [5, 5.41) is 49.9. The minimum absolute atomic E-state index is 0.490. The number of aldehydes is 1. The van der Waals surface area contributed by atoms with Gasteiger partial charge in [0.2, 0.25) is 11.5 Å². The van der Waals surface area contributed by atoms with Crippen LogP contribution in [0.3, 0.4) is 0 Å². The molecule has 14 heteroatoms. The van der Waals surface area contributed by atoms with E-state index in [4.69, 9.17) is 44.9 Å². The van der Waals surface area contributed by atoms with Gasteiger partial charge in [-0.3, -0.25) is 29.4 Å². The molecule has 0 saturated carbocycles. The van der Waals surface area contributed by atoms with E-state index in [0.717, 1.165) is 6.92 Å². The molecule has 30 heavy (non-hydrogen) atoms. The van der Waals surface area contributed by atoms with Gasteiger partial charge in [0.15, 0.2) is 35.0 Å². The van der Waals surface area contributed by atoms with Crippen LogP contribution in [0.4, 0.5) is 0 Å². The normalized spacial score (nSPS) is 19.8. The van der Waals surface area contributed by atoms with Crippen molar-refractivity contribution in [1.29, 1.82) is 5.41 Å². The molecule has 11 nitrogen and oxygen atoms in total. The van der Waals surface area contributed by atoms with Gasteiger partial charge in [0.05, 0.1) is 0 Å². The Morgan fingerprint density at radius 1 is 0.933 bits per heavy atom. The minimum atomic E-state index is -4.00. The summed E-state index contributed by atoms with van der Waals surface area (Å²) in [6.07, 6.45) is -6.05. The summed E-state index contributed by atoms with van der Waals surface area (Å²) >= 11 is 16.3. The van der Waals surface area contributed by atoms with Crippen LogP contribution < -0.4 is 0 Å². The number of alkyl halides is 3. The summed E-state index contributed by atoms with van der Waals surface area (Å²) in [4.78, 5) is 60.5. The first-order valence-corrected chi connectivity index (χ1v) is 9.07. The van der Waals surface area contributed by atoms with E-state index in [-0.39, 0.29) is 0 Å². The van der Waals surface area contributed by atoms with Gasteiger partial charge in [-0.05, 0) is 27.7 Å². The lowest BCUT2D eigenvalue weighted by molar-refractivity contribution is -0.246. The number of rotatable bonds is 10. The third kappa shape index (κ3) is 4.42. The molecule has 0 aromatic rings. The Morgan fingerprint density at radius 2 is 1.37 bits per heavy atom. The van der Waals surface area contributed by atoms with Crippen LogP contribution in [0.5, 0.6) is 0 Å². The number of Topliss-reactive ketones (excluding diaryl/α,β-unsaturated/α-hetero) is 4. The number of hydrogen-bond donors (Lipinski definition) is 5. The highest BCUT2D eigenvalue weighted by Gasteiger charge is 2.75. The van der Waals surface area contributed by atoms with E-state index in [2.05, 4.69) is 0 Å². The van der Waals surface area contributed by atoms with Gasteiger partial charge >= 0.3 is 0 Å². The zero-order valence-electron chi connectivity index (χ0n) is 16.1. The molecule has 0 heterocycles. The monoisotopic (exact) mass is 491 g/mol. The number of carbonyl (C=O) groups excluding carboxylic acids is 5. The summed E-state index contributed by atoms with van der Waals surface area (Å²) < 4.78 is 1.99. The van der Waals surface area contributed by atoms with Crippen molar-refractivity contribution in [2.45, 2.75) is 60.5 Å². The molecular formula is C16H20Cl3NO10. The Bertz CT molecular complexity index is 782. The lowest BCUT2D eigenvalue weighted by Crippen LogP contribution is -2.81. The SMILES string of the molecule is CC(=O)C(O)[C@@H](O)[C@@](O)(C(C)=O)[C@@](O)(C(C)=O)[C@](C=O)(OC(=N)C(Cl)(Cl)Cl)C(C)=O. The average molecular weight is 493 g/mol. The second-order valence-electron chi connectivity index (χ2n) is 6.43. The van der Waals surface area contributed by atoms with E-state index in [1.54, 1.807) is 0 Å². The predicted molar refractivity (Wildman–Crippen MR) is 103 cm³/mol. The van der Waals surface area contributed by atoms with Crippen molar-refractivity contribution >= 4 is 70.1 Å². The lowest BCUT2D eigenvalue weighted by Gasteiger charge is -2.50. The highest BCUT2D eigenvalue weighted by atomic mass is 35.6. The highest BCUT2D eigenvalue weighted by molar-refractivity contribution is 6.76. The number of ketones is 4. The van der Waals surface area contributed by atoms with Gasteiger partial charge in [0.25, 0.3) is 9.39 Å². The number of aliphatic hydroxyl groups excluding tert-OH is 2. The van der Waals surface area contributed by atoms with Crippen molar-refractivity contribution < 1.29 is 49.1 Å². The minimum Gasteiger partial charge on any atom is -0.452 e. The molecule has 0 aliphatic heterocycles. The quantitative estimate of drug-likeness (QED) is 0.0813. The Hall–Kier alpha value is -1.47. The van der Waals surface area contributed by atoms with Gasteiger partial charge in [-0.25, -0.2) is 0 Å². The second-order valence-corrected chi connectivity index (χ2v) is 8.71. The Morgan fingerprint density at radius 3 is 1.60 bits per heavy atom. The van der Waals surface area contributed by atoms with Gasteiger partial charge in [-0.15, -0.1) is 0 Å². The molecule has 0 spiro atoms. The molecule has 0 aliphatic rings. The molecule has 0 radical (unpaired) electrons.